The number of ether oxygens (including phenoxy) is 3. The van der Waals surface area contributed by atoms with Crippen molar-refractivity contribution in [3.8, 4) is 17.2 Å². The maximum Gasteiger partial charge on any atom is 0.193 e. The van der Waals surface area contributed by atoms with Crippen LogP contribution in [0.25, 0.3) is 12.2 Å². The number of aromatic hydroxyl groups is 1. The molecule has 5 nitrogen and oxygen atoms in total. The van der Waals surface area contributed by atoms with Gasteiger partial charge in [0.1, 0.15) is 28.4 Å². The second kappa shape index (κ2) is 8.49. The predicted octanol–water partition coefficient (Wildman–Crippen LogP) is 5.76. The van der Waals surface area contributed by atoms with Crippen LogP contribution < -0.4 is 9.47 Å². The van der Waals surface area contributed by atoms with E-state index < -0.39 is 11.4 Å². The van der Waals surface area contributed by atoms with Crippen molar-refractivity contribution < 1.29 is 24.1 Å². The third-order valence-electron chi connectivity index (χ3n) is 4.25. The number of halogens is 2. The first-order chi connectivity index (χ1) is 13.7. The molecule has 2 aromatic rings. The molecule has 1 N–H and O–H groups in total. The van der Waals surface area contributed by atoms with Gasteiger partial charge in [-0.15, -0.1) is 0 Å². The minimum absolute atomic E-state index is 0.0103. The van der Waals surface area contributed by atoms with Gasteiger partial charge in [-0.25, -0.2) is 0 Å². The number of ketones is 1. The summed E-state index contributed by atoms with van der Waals surface area (Å²) in [6.07, 6.45) is 6.51. The second-order valence-corrected chi connectivity index (χ2v) is 7.73. The minimum Gasteiger partial charge on any atom is -0.507 e. The summed E-state index contributed by atoms with van der Waals surface area (Å²) in [6, 6.07) is 6.50. The van der Waals surface area contributed by atoms with Gasteiger partial charge in [-0.2, -0.15) is 0 Å². The van der Waals surface area contributed by atoms with E-state index in [4.69, 9.17) is 37.4 Å². The fourth-order valence-corrected chi connectivity index (χ4v) is 3.23. The smallest absolute Gasteiger partial charge is 0.193 e. The molecular formula is C22H20Cl2O5. The van der Waals surface area contributed by atoms with E-state index in [1.165, 1.54) is 19.3 Å². The van der Waals surface area contributed by atoms with Crippen molar-refractivity contribution in [2.45, 2.75) is 19.4 Å². The quantitative estimate of drug-likeness (QED) is 0.355. The van der Waals surface area contributed by atoms with Gasteiger partial charge in [0.25, 0.3) is 0 Å². The summed E-state index contributed by atoms with van der Waals surface area (Å²) >= 11 is 12.2. The SMILES string of the molecule is COCOc1cc(O)c(C(=O)/C=C/c2cccc(Cl)c2Cl)c2c1C=CC(C)(C)O2. The number of methoxy groups -OCH3 is 1. The first-order valence-electron chi connectivity index (χ1n) is 8.80. The van der Waals surface area contributed by atoms with Gasteiger partial charge in [0, 0.05) is 13.2 Å². The highest BCUT2D eigenvalue weighted by atomic mass is 35.5. The standard InChI is InChI=1S/C22H20Cl2O5/c1-22(2)10-9-14-18(28-12-27-3)11-17(26)19(21(14)29-22)16(25)8-7-13-5-4-6-15(23)20(13)24/h4-11,26H,12H2,1-3H3/b8-7+. The number of allylic oxidation sites excluding steroid dienone is 1. The molecule has 1 aliphatic rings. The Bertz CT molecular complexity index is 1010. The normalized spacial score (nSPS) is 14.5. The van der Waals surface area contributed by atoms with Crippen LogP contribution in [0.2, 0.25) is 10.0 Å². The largest absolute Gasteiger partial charge is 0.507 e. The van der Waals surface area contributed by atoms with Crippen LogP contribution in [-0.2, 0) is 4.74 Å². The number of benzene rings is 2. The molecule has 0 aliphatic carbocycles. The summed E-state index contributed by atoms with van der Waals surface area (Å²) < 4.78 is 16.5. The molecule has 29 heavy (non-hydrogen) atoms. The van der Waals surface area contributed by atoms with Crippen LogP contribution >= 0.6 is 23.2 Å². The number of rotatable bonds is 6. The van der Waals surface area contributed by atoms with Crippen molar-refractivity contribution in [1.29, 1.82) is 0 Å². The summed E-state index contributed by atoms with van der Waals surface area (Å²) in [7, 11) is 1.49. The fourth-order valence-electron chi connectivity index (χ4n) is 2.86. The lowest BCUT2D eigenvalue weighted by Crippen LogP contribution is -2.28. The average molecular weight is 435 g/mol. The summed E-state index contributed by atoms with van der Waals surface area (Å²) in [5.74, 6) is -0.105. The average Bonchev–Trinajstić information content (AvgIpc) is 2.66. The van der Waals surface area contributed by atoms with E-state index in [1.54, 1.807) is 30.4 Å². The molecule has 0 saturated heterocycles. The van der Waals surface area contributed by atoms with Crippen molar-refractivity contribution in [2.24, 2.45) is 0 Å². The van der Waals surface area contributed by atoms with Crippen molar-refractivity contribution >= 4 is 41.1 Å². The molecule has 7 heteroatoms. The van der Waals surface area contributed by atoms with Gasteiger partial charge in [0.2, 0.25) is 0 Å². The van der Waals surface area contributed by atoms with Gasteiger partial charge < -0.3 is 19.3 Å². The lowest BCUT2D eigenvalue weighted by molar-refractivity contribution is 0.0502. The summed E-state index contributed by atoms with van der Waals surface area (Å²) in [6.45, 7) is 3.69. The number of carbonyl (C=O) groups excluding carboxylic acids is 1. The Hall–Kier alpha value is -2.47. The Morgan fingerprint density at radius 2 is 2.07 bits per heavy atom. The monoisotopic (exact) mass is 434 g/mol. The van der Waals surface area contributed by atoms with E-state index in [9.17, 15) is 9.90 Å². The molecule has 0 unspecified atom stereocenters. The van der Waals surface area contributed by atoms with E-state index in [0.29, 0.717) is 26.9 Å². The Labute approximate surface area is 179 Å². The van der Waals surface area contributed by atoms with E-state index in [2.05, 4.69) is 0 Å². The first-order valence-corrected chi connectivity index (χ1v) is 9.55. The number of phenols is 1. The van der Waals surface area contributed by atoms with Crippen LogP contribution in [0, 0.1) is 0 Å². The molecule has 1 heterocycles. The first kappa shape index (κ1) is 21.2. The van der Waals surface area contributed by atoms with E-state index in [1.807, 2.05) is 19.9 Å². The zero-order valence-corrected chi connectivity index (χ0v) is 17.7. The summed E-state index contributed by atoms with van der Waals surface area (Å²) in [5, 5.41) is 11.3. The lowest BCUT2D eigenvalue weighted by atomic mass is 9.96. The molecule has 152 valence electrons. The summed E-state index contributed by atoms with van der Waals surface area (Å²) in [5.41, 5.74) is 0.518. The van der Waals surface area contributed by atoms with Crippen molar-refractivity contribution in [3.05, 3.63) is 63.2 Å². The topological polar surface area (TPSA) is 65.0 Å². The molecule has 0 aromatic heterocycles. The summed E-state index contributed by atoms with van der Waals surface area (Å²) in [4.78, 5) is 13.0. The molecule has 0 spiro atoms. The Morgan fingerprint density at radius 1 is 1.31 bits per heavy atom. The van der Waals surface area contributed by atoms with Crippen LogP contribution in [0.1, 0.15) is 35.3 Å². The molecule has 0 bridgehead atoms. The third kappa shape index (κ3) is 4.58. The molecule has 0 fully saturated rings. The maximum atomic E-state index is 13.0. The number of carbonyl (C=O) groups is 1. The van der Waals surface area contributed by atoms with Gasteiger partial charge in [-0.3, -0.25) is 4.79 Å². The Balaban J connectivity index is 2.05. The predicted molar refractivity (Wildman–Crippen MR) is 114 cm³/mol. The molecular weight excluding hydrogens is 415 g/mol. The van der Waals surface area contributed by atoms with Crippen molar-refractivity contribution in [3.63, 3.8) is 0 Å². The molecule has 0 atom stereocenters. The van der Waals surface area contributed by atoms with E-state index in [0.717, 1.165) is 0 Å². The second-order valence-electron chi connectivity index (χ2n) is 6.94. The maximum absolute atomic E-state index is 13.0. The van der Waals surface area contributed by atoms with Gasteiger partial charge in [0.05, 0.1) is 15.6 Å². The van der Waals surface area contributed by atoms with E-state index in [-0.39, 0.29) is 23.9 Å². The number of fused-ring (bicyclic) bond motifs is 1. The molecule has 0 saturated carbocycles. The van der Waals surface area contributed by atoms with Crippen LogP contribution in [-0.4, -0.2) is 30.4 Å². The van der Waals surface area contributed by atoms with Crippen LogP contribution in [0.4, 0.5) is 0 Å². The Kier molecular flexibility index (Phi) is 6.22. The number of phenolic OH excluding ortho intramolecular Hbond substituents is 1. The van der Waals surface area contributed by atoms with E-state index >= 15 is 0 Å². The van der Waals surface area contributed by atoms with Gasteiger partial charge >= 0.3 is 0 Å². The highest BCUT2D eigenvalue weighted by Gasteiger charge is 2.30. The molecule has 0 radical (unpaired) electrons. The number of hydrogen-bond acceptors (Lipinski definition) is 5. The van der Waals surface area contributed by atoms with Crippen molar-refractivity contribution in [1.82, 2.24) is 0 Å². The van der Waals surface area contributed by atoms with Gasteiger partial charge in [-0.05, 0) is 49.8 Å². The van der Waals surface area contributed by atoms with Crippen molar-refractivity contribution in [2.75, 3.05) is 13.9 Å². The highest BCUT2D eigenvalue weighted by molar-refractivity contribution is 6.43. The number of hydrogen-bond donors (Lipinski definition) is 1. The van der Waals surface area contributed by atoms with Crippen LogP contribution in [0.3, 0.4) is 0 Å². The molecule has 0 amide bonds. The van der Waals surface area contributed by atoms with Gasteiger partial charge in [0.15, 0.2) is 12.6 Å². The Morgan fingerprint density at radius 3 is 2.79 bits per heavy atom. The van der Waals surface area contributed by atoms with Crippen LogP contribution in [0.15, 0.2) is 36.4 Å². The third-order valence-corrected chi connectivity index (χ3v) is 5.09. The molecule has 3 rings (SSSR count). The zero-order valence-electron chi connectivity index (χ0n) is 16.2. The highest BCUT2D eigenvalue weighted by Crippen LogP contribution is 2.44. The minimum atomic E-state index is -0.658. The molecule has 2 aromatic carbocycles. The molecule has 1 aliphatic heterocycles. The van der Waals surface area contributed by atoms with Gasteiger partial charge in [-0.1, -0.05) is 35.3 Å². The zero-order chi connectivity index (χ0) is 21.2. The lowest BCUT2D eigenvalue weighted by Gasteiger charge is -2.30. The fraction of sp³-hybridized carbons (Fsp3) is 0.227. The van der Waals surface area contributed by atoms with Crippen LogP contribution in [0.5, 0.6) is 17.2 Å².